The molecule has 6 nitrogen and oxygen atoms in total. The first-order valence-electron chi connectivity index (χ1n) is 7.81. The van der Waals surface area contributed by atoms with Gasteiger partial charge in [0.05, 0.1) is 17.4 Å². The lowest BCUT2D eigenvalue weighted by molar-refractivity contribution is 0.0933. The monoisotopic (exact) mass is 327 g/mol. The zero-order valence-corrected chi connectivity index (χ0v) is 13.4. The average molecular weight is 327 g/mol. The number of aryl methyl sites for hydroxylation is 1. The molecule has 124 valence electrons. The van der Waals surface area contributed by atoms with E-state index < -0.39 is 5.82 Å². The highest BCUT2D eigenvalue weighted by atomic mass is 19.1. The minimum Gasteiger partial charge on any atom is -0.367 e. The summed E-state index contributed by atoms with van der Waals surface area (Å²) in [4.78, 5) is 14.5. The number of nitrogens with zero attached hydrogens (tertiary/aromatic N) is 4. The SMILES string of the molecule is Cn1cc(N2CCCC(NC(=O)c3ccc(F)c(C#N)c3)C2)cn1. The number of nitrogens with one attached hydrogen (secondary N) is 1. The van der Waals surface area contributed by atoms with Crippen molar-refractivity contribution in [2.24, 2.45) is 7.05 Å². The smallest absolute Gasteiger partial charge is 0.251 e. The molecule has 1 aliphatic rings. The van der Waals surface area contributed by atoms with Gasteiger partial charge in [0, 0.05) is 37.9 Å². The van der Waals surface area contributed by atoms with Crippen molar-refractivity contribution in [2.75, 3.05) is 18.0 Å². The Labute approximate surface area is 139 Å². The lowest BCUT2D eigenvalue weighted by Crippen LogP contribution is -2.47. The van der Waals surface area contributed by atoms with Crippen molar-refractivity contribution >= 4 is 11.6 Å². The molecule has 0 aliphatic carbocycles. The van der Waals surface area contributed by atoms with E-state index in [1.54, 1.807) is 10.8 Å². The fraction of sp³-hybridized carbons (Fsp3) is 0.353. The number of piperidine rings is 1. The van der Waals surface area contributed by atoms with Crippen molar-refractivity contribution in [2.45, 2.75) is 18.9 Å². The Morgan fingerprint density at radius 2 is 2.33 bits per heavy atom. The Kier molecular flexibility index (Phi) is 4.47. The van der Waals surface area contributed by atoms with E-state index >= 15 is 0 Å². The molecule has 0 bridgehead atoms. The van der Waals surface area contributed by atoms with Gasteiger partial charge in [0.1, 0.15) is 11.9 Å². The first-order valence-corrected chi connectivity index (χ1v) is 7.81. The van der Waals surface area contributed by atoms with Gasteiger partial charge < -0.3 is 10.2 Å². The third-order valence-corrected chi connectivity index (χ3v) is 4.16. The van der Waals surface area contributed by atoms with Gasteiger partial charge in [-0.25, -0.2) is 4.39 Å². The predicted octanol–water partition coefficient (Wildman–Crippen LogP) is 1.83. The number of rotatable bonds is 3. The Balaban J connectivity index is 1.67. The molecule has 1 unspecified atom stereocenters. The largest absolute Gasteiger partial charge is 0.367 e. The van der Waals surface area contributed by atoms with Gasteiger partial charge in [-0.2, -0.15) is 10.4 Å². The number of carbonyl (C=O) groups excluding carboxylic acids is 1. The molecule has 7 heteroatoms. The number of nitriles is 1. The van der Waals surface area contributed by atoms with E-state index in [0.717, 1.165) is 31.1 Å². The lowest BCUT2D eigenvalue weighted by atomic mass is 10.0. The van der Waals surface area contributed by atoms with E-state index in [4.69, 9.17) is 5.26 Å². The molecule has 2 heterocycles. The molecule has 1 N–H and O–H groups in total. The highest BCUT2D eigenvalue weighted by Crippen LogP contribution is 2.19. The van der Waals surface area contributed by atoms with Gasteiger partial charge in [-0.3, -0.25) is 9.48 Å². The van der Waals surface area contributed by atoms with Crippen LogP contribution in [0.25, 0.3) is 0 Å². The minimum atomic E-state index is -0.616. The molecule has 1 fully saturated rings. The normalized spacial score (nSPS) is 17.4. The van der Waals surface area contributed by atoms with Crippen molar-refractivity contribution in [3.05, 3.63) is 47.5 Å². The van der Waals surface area contributed by atoms with Crippen molar-refractivity contribution in [3.8, 4) is 6.07 Å². The molecule has 3 rings (SSSR count). The summed E-state index contributed by atoms with van der Waals surface area (Å²) in [7, 11) is 1.87. The predicted molar refractivity (Wildman–Crippen MR) is 87.0 cm³/mol. The first kappa shape index (κ1) is 16.0. The van der Waals surface area contributed by atoms with Crippen LogP contribution in [-0.2, 0) is 7.05 Å². The maximum absolute atomic E-state index is 13.4. The second-order valence-corrected chi connectivity index (χ2v) is 5.94. The Morgan fingerprint density at radius 1 is 1.50 bits per heavy atom. The minimum absolute atomic E-state index is 0.00189. The van der Waals surface area contributed by atoms with Crippen LogP contribution in [0.2, 0.25) is 0 Å². The summed E-state index contributed by atoms with van der Waals surface area (Å²) in [5, 5.41) is 16.0. The molecule has 1 aromatic heterocycles. The number of hydrogen-bond donors (Lipinski definition) is 1. The van der Waals surface area contributed by atoms with Gasteiger partial charge in [0.25, 0.3) is 5.91 Å². The maximum Gasteiger partial charge on any atom is 0.251 e. The zero-order valence-electron chi connectivity index (χ0n) is 13.4. The van der Waals surface area contributed by atoms with E-state index in [-0.39, 0.29) is 17.5 Å². The number of halogens is 1. The fourth-order valence-corrected chi connectivity index (χ4v) is 2.92. The van der Waals surface area contributed by atoms with E-state index in [0.29, 0.717) is 12.1 Å². The van der Waals surface area contributed by atoms with Crippen molar-refractivity contribution < 1.29 is 9.18 Å². The Hall–Kier alpha value is -2.88. The third-order valence-electron chi connectivity index (χ3n) is 4.16. The Bertz CT molecular complexity index is 795. The highest BCUT2D eigenvalue weighted by molar-refractivity contribution is 5.94. The van der Waals surface area contributed by atoms with Crippen LogP contribution in [0.1, 0.15) is 28.8 Å². The number of anilines is 1. The summed E-state index contributed by atoms with van der Waals surface area (Å²) in [5.41, 5.74) is 1.21. The topological polar surface area (TPSA) is 73.9 Å². The molecule has 1 aromatic carbocycles. The highest BCUT2D eigenvalue weighted by Gasteiger charge is 2.23. The standard InChI is InChI=1S/C17H18FN5O/c1-22-11-15(9-20-22)23-6-2-3-14(10-23)21-17(24)12-4-5-16(18)13(7-12)8-19/h4-5,7,9,11,14H,2-3,6,10H2,1H3,(H,21,24). The summed E-state index contributed by atoms with van der Waals surface area (Å²) >= 11 is 0. The van der Waals surface area contributed by atoms with Crippen LogP contribution >= 0.6 is 0 Å². The molecule has 1 atom stereocenters. The summed E-state index contributed by atoms with van der Waals surface area (Å²) in [6, 6.07) is 5.58. The molecule has 2 aromatic rings. The molecule has 24 heavy (non-hydrogen) atoms. The molecular weight excluding hydrogens is 309 g/mol. The van der Waals surface area contributed by atoms with Gasteiger partial charge in [0.15, 0.2) is 0 Å². The van der Waals surface area contributed by atoms with Crippen molar-refractivity contribution in [1.29, 1.82) is 5.26 Å². The van der Waals surface area contributed by atoms with Crippen LogP contribution < -0.4 is 10.2 Å². The number of hydrogen-bond acceptors (Lipinski definition) is 4. The molecule has 1 amide bonds. The summed E-state index contributed by atoms with van der Waals surface area (Å²) in [5.74, 6) is -0.904. The van der Waals surface area contributed by atoms with E-state index in [1.165, 1.54) is 12.1 Å². The molecule has 0 radical (unpaired) electrons. The molecular formula is C17H18FN5O. The Morgan fingerprint density at radius 3 is 3.04 bits per heavy atom. The van der Waals surface area contributed by atoms with E-state index in [9.17, 15) is 9.18 Å². The van der Waals surface area contributed by atoms with Gasteiger partial charge in [-0.1, -0.05) is 0 Å². The van der Waals surface area contributed by atoms with Gasteiger partial charge in [-0.15, -0.1) is 0 Å². The first-order chi connectivity index (χ1) is 11.6. The zero-order chi connectivity index (χ0) is 17.1. The van der Waals surface area contributed by atoms with Crippen molar-refractivity contribution in [1.82, 2.24) is 15.1 Å². The van der Waals surface area contributed by atoms with Crippen LogP contribution in [0, 0.1) is 17.1 Å². The number of aromatic nitrogens is 2. The number of amides is 1. The summed E-state index contributed by atoms with van der Waals surface area (Å²) < 4.78 is 15.1. The number of carbonyl (C=O) groups is 1. The van der Waals surface area contributed by atoms with E-state index in [1.807, 2.05) is 19.4 Å². The second kappa shape index (κ2) is 6.71. The molecule has 0 spiro atoms. The second-order valence-electron chi connectivity index (χ2n) is 5.94. The summed E-state index contributed by atoms with van der Waals surface area (Å²) in [6.07, 6.45) is 5.61. The van der Waals surface area contributed by atoms with Crippen LogP contribution in [-0.4, -0.2) is 34.8 Å². The van der Waals surface area contributed by atoms with Gasteiger partial charge >= 0.3 is 0 Å². The maximum atomic E-state index is 13.4. The van der Waals surface area contributed by atoms with Crippen molar-refractivity contribution in [3.63, 3.8) is 0 Å². The lowest BCUT2D eigenvalue weighted by Gasteiger charge is -2.33. The molecule has 1 saturated heterocycles. The summed E-state index contributed by atoms with van der Waals surface area (Å²) in [6.45, 7) is 1.62. The molecule has 1 aliphatic heterocycles. The molecule has 0 saturated carbocycles. The van der Waals surface area contributed by atoms with Crippen LogP contribution in [0.3, 0.4) is 0 Å². The fourth-order valence-electron chi connectivity index (χ4n) is 2.92. The van der Waals surface area contributed by atoms with Crippen LogP contribution in [0.5, 0.6) is 0 Å². The van der Waals surface area contributed by atoms with Gasteiger partial charge in [0.2, 0.25) is 0 Å². The average Bonchev–Trinajstić information content (AvgIpc) is 3.02. The number of benzene rings is 1. The van der Waals surface area contributed by atoms with E-state index in [2.05, 4.69) is 15.3 Å². The van der Waals surface area contributed by atoms with Gasteiger partial charge in [-0.05, 0) is 31.0 Å². The quantitative estimate of drug-likeness (QED) is 0.933. The van der Waals surface area contributed by atoms with Crippen LogP contribution in [0.4, 0.5) is 10.1 Å². The van der Waals surface area contributed by atoms with Crippen LogP contribution in [0.15, 0.2) is 30.6 Å². The third kappa shape index (κ3) is 3.38.